The van der Waals surface area contributed by atoms with E-state index in [1.54, 1.807) is 11.0 Å². The first-order chi connectivity index (χ1) is 13.8. The maximum absolute atomic E-state index is 12.5. The van der Waals surface area contributed by atoms with Gasteiger partial charge >= 0.3 is 0 Å². The third kappa shape index (κ3) is 5.91. The number of hydrogen-bond donors (Lipinski definition) is 0. The second-order valence-corrected chi connectivity index (χ2v) is 9.43. The van der Waals surface area contributed by atoms with Crippen molar-refractivity contribution >= 4 is 37.9 Å². The van der Waals surface area contributed by atoms with Gasteiger partial charge in [0.2, 0.25) is 10.0 Å². The highest BCUT2D eigenvalue weighted by Crippen LogP contribution is 2.25. The first kappa shape index (κ1) is 21.5. The summed E-state index contributed by atoms with van der Waals surface area (Å²) in [4.78, 5) is 14.1. The van der Waals surface area contributed by atoms with Gasteiger partial charge in [-0.25, -0.2) is 8.42 Å². The molecule has 1 saturated heterocycles. The van der Waals surface area contributed by atoms with E-state index in [4.69, 9.17) is 4.74 Å². The summed E-state index contributed by atoms with van der Waals surface area (Å²) >= 11 is 3.42. The third-order valence-corrected chi connectivity index (χ3v) is 6.81. The Bertz CT molecular complexity index is 985. The molecular weight excluding hydrogens is 456 g/mol. The summed E-state index contributed by atoms with van der Waals surface area (Å²) in [6.07, 6.45) is 1.58. The number of ether oxygens (including phenoxy) is 1. The van der Waals surface area contributed by atoms with Crippen molar-refractivity contribution < 1.29 is 17.9 Å². The Morgan fingerprint density at radius 1 is 1.10 bits per heavy atom. The fourth-order valence-electron chi connectivity index (χ4n) is 2.96. The predicted octanol–water partition coefficient (Wildman–Crippen LogP) is 3.28. The Labute approximate surface area is 180 Å². The monoisotopic (exact) mass is 478 g/mol. The largest absolute Gasteiger partial charge is 0.483 e. The zero-order valence-electron chi connectivity index (χ0n) is 16.1. The second-order valence-electron chi connectivity index (χ2n) is 6.76. The molecule has 8 heteroatoms. The molecule has 1 heterocycles. The minimum Gasteiger partial charge on any atom is -0.483 e. The van der Waals surface area contributed by atoms with E-state index in [-0.39, 0.29) is 25.6 Å². The molecule has 3 rings (SSSR count). The fraction of sp³-hybridized carbons (Fsp3) is 0.286. The van der Waals surface area contributed by atoms with E-state index < -0.39 is 10.0 Å². The van der Waals surface area contributed by atoms with E-state index in [9.17, 15) is 13.2 Å². The van der Waals surface area contributed by atoms with Crippen LogP contribution in [0, 0.1) is 6.92 Å². The molecule has 0 spiro atoms. The molecule has 0 aliphatic carbocycles. The molecule has 154 valence electrons. The fourth-order valence-corrected chi connectivity index (χ4v) is 4.74. The lowest BCUT2D eigenvalue weighted by atomic mass is 10.2. The number of aryl methyl sites for hydroxylation is 1. The van der Waals surface area contributed by atoms with Gasteiger partial charge in [-0.1, -0.05) is 36.4 Å². The molecule has 1 aliphatic heterocycles. The van der Waals surface area contributed by atoms with Gasteiger partial charge in [0.15, 0.2) is 6.61 Å². The Kier molecular flexibility index (Phi) is 7.10. The number of rotatable bonds is 6. The zero-order chi connectivity index (χ0) is 20.9. The zero-order valence-corrected chi connectivity index (χ0v) is 18.5. The number of nitrogens with zero attached hydrogens (tertiary/aromatic N) is 2. The van der Waals surface area contributed by atoms with Crippen molar-refractivity contribution in [3.63, 3.8) is 0 Å². The number of hydrogen-bond acceptors (Lipinski definition) is 4. The van der Waals surface area contributed by atoms with Crippen LogP contribution in [0.1, 0.15) is 11.1 Å². The lowest BCUT2D eigenvalue weighted by Gasteiger charge is -2.33. The first-order valence-corrected chi connectivity index (χ1v) is 11.5. The average molecular weight is 479 g/mol. The minimum absolute atomic E-state index is 0.0810. The van der Waals surface area contributed by atoms with Crippen LogP contribution in [0.2, 0.25) is 0 Å². The van der Waals surface area contributed by atoms with E-state index in [1.807, 2.05) is 55.5 Å². The summed E-state index contributed by atoms with van der Waals surface area (Å²) in [6, 6.07) is 14.9. The quantitative estimate of drug-likeness (QED) is 0.638. The predicted molar refractivity (Wildman–Crippen MR) is 117 cm³/mol. The van der Waals surface area contributed by atoms with Crippen LogP contribution >= 0.6 is 15.9 Å². The van der Waals surface area contributed by atoms with Crippen molar-refractivity contribution in [1.82, 2.24) is 9.21 Å². The Balaban J connectivity index is 1.51. The van der Waals surface area contributed by atoms with E-state index in [0.29, 0.717) is 18.8 Å². The highest BCUT2D eigenvalue weighted by molar-refractivity contribution is 9.10. The number of carbonyl (C=O) groups excluding carboxylic acids is 1. The van der Waals surface area contributed by atoms with E-state index in [0.717, 1.165) is 15.6 Å². The molecule has 2 aromatic rings. The third-order valence-electron chi connectivity index (χ3n) is 4.62. The SMILES string of the molecule is Cc1ccc(OCC(=O)N2CCN(S(=O)(=O)/C=C/c3ccccc3)CC2)c(Br)c1. The Hall–Kier alpha value is -2.16. The summed E-state index contributed by atoms with van der Waals surface area (Å²) in [6.45, 7) is 3.11. The molecule has 0 bridgehead atoms. The smallest absolute Gasteiger partial charge is 0.260 e. The normalized spacial score (nSPS) is 15.6. The molecule has 1 amide bonds. The highest BCUT2D eigenvalue weighted by Gasteiger charge is 2.27. The summed E-state index contributed by atoms with van der Waals surface area (Å²) < 4.78 is 32.8. The minimum atomic E-state index is -3.52. The first-order valence-electron chi connectivity index (χ1n) is 9.25. The van der Waals surface area contributed by atoms with Gasteiger partial charge in [-0.15, -0.1) is 0 Å². The topological polar surface area (TPSA) is 66.9 Å². The summed E-state index contributed by atoms with van der Waals surface area (Å²) in [5, 5.41) is 1.22. The molecule has 0 unspecified atom stereocenters. The number of piperazine rings is 1. The lowest BCUT2D eigenvalue weighted by Crippen LogP contribution is -2.51. The number of sulfonamides is 1. The maximum Gasteiger partial charge on any atom is 0.260 e. The summed E-state index contributed by atoms with van der Waals surface area (Å²) in [5.74, 6) is 0.450. The van der Waals surface area contributed by atoms with Crippen LogP contribution in [-0.4, -0.2) is 56.3 Å². The standard InChI is InChI=1S/C21H23BrN2O4S/c1-17-7-8-20(19(22)15-17)28-16-21(25)23-10-12-24(13-11-23)29(26,27)14-9-18-5-3-2-4-6-18/h2-9,14-15H,10-13,16H2,1H3/b14-9+. The van der Waals surface area contributed by atoms with Crippen LogP contribution in [0.4, 0.5) is 0 Å². The van der Waals surface area contributed by atoms with Crippen LogP contribution in [0.3, 0.4) is 0 Å². The van der Waals surface area contributed by atoms with Crippen LogP contribution < -0.4 is 4.74 Å². The summed E-state index contributed by atoms with van der Waals surface area (Å²) in [7, 11) is -3.52. The molecule has 0 N–H and O–H groups in total. The van der Waals surface area contributed by atoms with Gasteiger partial charge in [-0.3, -0.25) is 4.79 Å². The van der Waals surface area contributed by atoms with Crippen molar-refractivity contribution in [3.8, 4) is 5.75 Å². The molecule has 29 heavy (non-hydrogen) atoms. The van der Waals surface area contributed by atoms with E-state index in [1.165, 1.54) is 9.71 Å². The van der Waals surface area contributed by atoms with Crippen LogP contribution in [0.5, 0.6) is 5.75 Å². The van der Waals surface area contributed by atoms with Crippen LogP contribution in [0.15, 0.2) is 58.4 Å². The molecule has 6 nitrogen and oxygen atoms in total. The molecule has 0 atom stereocenters. The van der Waals surface area contributed by atoms with Gasteiger partial charge in [0.05, 0.1) is 4.47 Å². The molecule has 1 aliphatic rings. The number of benzene rings is 2. The van der Waals surface area contributed by atoms with Gasteiger partial charge in [0.25, 0.3) is 5.91 Å². The van der Waals surface area contributed by atoms with E-state index in [2.05, 4.69) is 15.9 Å². The average Bonchev–Trinajstić information content (AvgIpc) is 2.72. The number of amides is 1. The molecule has 1 fully saturated rings. The van der Waals surface area contributed by atoms with Crippen molar-refractivity contribution in [2.75, 3.05) is 32.8 Å². The van der Waals surface area contributed by atoms with Crippen LogP contribution in [-0.2, 0) is 14.8 Å². The van der Waals surface area contributed by atoms with Gasteiger partial charge in [-0.05, 0) is 52.2 Å². The van der Waals surface area contributed by atoms with Crippen molar-refractivity contribution in [2.45, 2.75) is 6.92 Å². The van der Waals surface area contributed by atoms with Crippen molar-refractivity contribution in [3.05, 3.63) is 69.5 Å². The molecule has 0 radical (unpaired) electrons. The summed E-state index contributed by atoms with van der Waals surface area (Å²) in [5.41, 5.74) is 1.92. The molecular formula is C21H23BrN2O4S. The van der Waals surface area contributed by atoms with E-state index >= 15 is 0 Å². The van der Waals surface area contributed by atoms with Gasteiger partial charge in [-0.2, -0.15) is 4.31 Å². The van der Waals surface area contributed by atoms with Gasteiger partial charge in [0.1, 0.15) is 5.75 Å². The molecule has 2 aromatic carbocycles. The van der Waals surface area contributed by atoms with Gasteiger partial charge < -0.3 is 9.64 Å². The second kappa shape index (κ2) is 9.56. The van der Waals surface area contributed by atoms with Crippen LogP contribution in [0.25, 0.3) is 6.08 Å². The highest BCUT2D eigenvalue weighted by atomic mass is 79.9. The molecule has 0 aromatic heterocycles. The van der Waals surface area contributed by atoms with Gasteiger partial charge in [0, 0.05) is 31.6 Å². The number of carbonyl (C=O) groups is 1. The Morgan fingerprint density at radius 2 is 1.79 bits per heavy atom. The molecule has 0 saturated carbocycles. The lowest BCUT2D eigenvalue weighted by molar-refractivity contribution is -0.134. The van der Waals surface area contributed by atoms with Crippen molar-refractivity contribution in [2.24, 2.45) is 0 Å². The van der Waals surface area contributed by atoms with Crippen molar-refractivity contribution in [1.29, 1.82) is 0 Å². The Morgan fingerprint density at radius 3 is 2.45 bits per heavy atom. The number of halogens is 1. The maximum atomic E-state index is 12.5.